The molecule has 1 amide bonds. The van der Waals surface area contributed by atoms with Crippen molar-refractivity contribution in [3.63, 3.8) is 0 Å². The van der Waals surface area contributed by atoms with Crippen molar-refractivity contribution in [2.24, 2.45) is 5.92 Å². The van der Waals surface area contributed by atoms with Gasteiger partial charge in [-0.2, -0.15) is 0 Å². The summed E-state index contributed by atoms with van der Waals surface area (Å²) in [7, 11) is 1.78. The standard InChI is InChI=1S/C20H18FN7O/c1-10-3-4-17-26-19(27-28(17)9-10)14-8-24-18(22-2)13-7-23-16(6-11(13)14)25-20(29)12-5-15(12)21/h3-4,6-9,12,15H,5H2,1-2H3,(H,22,24)(H,23,25,29)/t12-,15+/m1/s1. The molecule has 146 valence electrons. The lowest BCUT2D eigenvalue weighted by Crippen LogP contribution is -2.15. The van der Waals surface area contributed by atoms with Gasteiger partial charge in [-0.15, -0.1) is 5.10 Å². The predicted octanol–water partition coefficient (Wildman–Crippen LogP) is 2.99. The summed E-state index contributed by atoms with van der Waals surface area (Å²) in [4.78, 5) is 25.5. The van der Waals surface area contributed by atoms with Gasteiger partial charge in [-0.05, 0) is 31.0 Å². The first-order chi connectivity index (χ1) is 14.0. The molecule has 29 heavy (non-hydrogen) atoms. The van der Waals surface area contributed by atoms with Gasteiger partial charge in [0.2, 0.25) is 5.91 Å². The van der Waals surface area contributed by atoms with Gasteiger partial charge < -0.3 is 10.6 Å². The summed E-state index contributed by atoms with van der Waals surface area (Å²) in [5.74, 6) is 0.594. The summed E-state index contributed by atoms with van der Waals surface area (Å²) in [6, 6.07) is 5.62. The van der Waals surface area contributed by atoms with E-state index in [4.69, 9.17) is 0 Å². The highest BCUT2D eigenvalue weighted by molar-refractivity contribution is 6.03. The first-order valence-corrected chi connectivity index (χ1v) is 9.28. The van der Waals surface area contributed by atoms with Crippen molar-refractivity contribution in [1.82, 2.24) is 24.6 Å². The lowest BCUT2D eigenvalue weighted by Gasteiger charge is -2.10. The minimum Gasteiger partial charge on any atom is -0.373 e. The number of nitrogens with zero attached hydrogens (tertiary/aromatic N) is 5. The summed E-state index contributed by atoms with van der Waals surface area (Å²) >= 11 is 0. The van der Waals surface area contributed by atoms with Gasteiger partial charge in [0.25, 0.3) is 0 Å². The Labute approximate surface area is 165 Å². The lowest BCUT2D eigenvalue weighted by molar-refractivity contribution is -0.117. The highest BCUT2D eigenvalue weighted by atomic mass is 19.1. The summed E-state index contributed by atoms with van der Waals surface area (Å²) < 4.78 is 14.9. The highest BCUT2D eigenvalue weighted by Gasteiger charge is 2.43. The van der Waals surface area contributed by atoms with E-state index in [1.54, 1.807) is 30.0 Å². The molecule has 0 aromatic carbocycles. The molecule has 0 bridgehead atoms. The number of carbonyl (C=O) groups excluding carboxylic acids is 1. The number of carbonyl (C=O) groups is 1. The molecule has 4 aromatic heterocycles. The van der Waals surface area contributed by atoms with Gasteiger partial charge in [0, 0.05) is 42.0 Å². The smallest absolute Gasteiger partial charge is 0.231 e. The van der Waals surface area contributed by atoms with Crippen LogP contribution in [0.15, 0.2) is 36.8 Å². The molecule has 0 radical (unpaired) electrons. The second-order valence-electron chi connectivity index (χ2n) is 7.18. The molecule has 1 saturated carbocycles. The van der Waals surface area contributed by atoms with Crippen molar-refractivity contribution in [1.29, 1.82) is 0 Å². The maximum atomic E-state index is 13.2. The van der Waals surface area contributed by atoms with Crippen LogP contribution in [0.3, 0.4) is 0 Å². The molecule has 4 aromatic rings. The molecule has 1 aliphatic rings. The molecule has 2 atom stereocenters. The number of alkyl halides is 1. The Morgan fingerprint density at radius 3 is 2.83 bits per heavy atom. The maximum absolute atomic E-state index is 13.2. The molecule has 1 fully saturated rings. The average Bonchev–Trinajstić information content (AvgIpc) is 3.30. The summed E-state index contributed by atoms with van der Waals surface area (Å²) in [6.07, 6.45) is 4.44. The molecule has 2 N–H and O–H groups in total. The topological polar surface area (TPSA) is 97.1 Å². The zero-order valence-electron chi connectivity index (χ0n) is 15.8. The zero-order valence-corrected chi connectivity index (χ0v) is 15.8. The fourth-order valence-electron chi connectivity index (χ4n) is 3.34. The number of anilines is 2. The molecule has 5 rings (SSSR count). The second kappa shape index (κ2) is 6.47. The number of amides is 1. The third kappa shape index (κ3) is 3.04. The largest absolute Gasteiger partial charge is 0.373 e. The van der Waals surface area contributed by atoms with Crippen LogP contribution in [0, 0.1) is 12.8 Å². The Bertz CT molecular complexity index is 1270. The summed E-state index contributed by atoms with van der Waals surface area (Å²) in [5, 5.41) is 11.9. The van der Waals surface area contributed by atoms with Gasteiger partial charge in [-0.1, -0.05) is 6.07 Å². The van der Waals surface area contributed by atoms with E-state index in [0.717, 1.165) is 22.0 Å². The first kappa shape index (κ1) is 17.5. The molecule has 0 saturated heterocycles. The van der Waals surface area contributed by atoms with Crippen LogP contribution in [0.4, 0.5) is 16.0 Å². The van der Waals surface area contributed by atoms with Crippen molar-refractivity contribution >= 4 is 34.0 Å². The van der Waals surface area contributed by atoms with E-state index in [1.807, 2.05) is 25.3 Å². The molecular formula is C20H18FN7O. The maximum Gasteiger partial charge on any atom is 0.231 e. The number of halogens is 1. The average molecular weight is 391 g/mol. The SMILES string of the molecule is CNc1ncc(-c2nc3ccc(C)cn3n2)c2cc(NC(=O)[C@@H]3C[C@@H]3F)ncc12. The van der Waals surface area contributed by atoms with Crippen LogP contribution in [0.2, 0.25) is 0 Å². The third-order valence-electron chi connectivity index (χ3n) is 5.03. The summed E-state index contributed by atoms with van der Waals surface area (Å²) in [5.41, 5.74) is 2.51. The van der Waals surface area contributed by atoms with E-state index in [9.17, 15) is 9.18 Å². The molecular weight excluding hydrogens is 373 g/mol. The number of nitrogens with one attached hydrogen (secondary N) is 2. The fourth-order valence-corrected chi connectivity index (χ4v) is 3.34. The van der Waals surface area contributed by atoms with Gasteiger partial charge >= 0.3 is 0 Å². The van der Waals surface area contributed by atoms with Crippen LogP contribution in [-0.2, 0) is 4.79 Å². The monoisotopic (exact) mass is 391 g/mol. The van der Waals surface area contributed by atoms with E-state index < -0.39 is 12.1 Å². The van der Waals surface area contributed by atoms with E-state index >= 15 is 0 Å². The minimum atomic E-state index is -1.06. The van der Waals surface area contributed by atoms with Crippen molar-refractivity contribution < 1.29 is 9.18 Å². The number of pyridine rings is 3. The van der Waals surface area contributed by atoms with E-state index in [-0.39, 0.29) is 12.3 Å². The Balaban J connectivity index is 1.63. The zero-order chi connectivity index (χ0) is 20.1. The van der Waals surface area contributed by atoms with Gasteiger partial charge in [0.1, 0.15) is 17.8 Å². The van der Waals surface area contributed by atoms with Crippen molar-refractivity contribution in [2.45, 2.75) is 19.5 Å². The van der Waals surface area contributed by atoms with Crippen LogP contribution >= 0.6 is 0 Å². The predicted molar refractivity (Wildman–Crippen MR) is 107 cm³/mol. The van der Waals surface area contributed by atoms with Gasteiger partial charge in [-0.25, -0.2) is 23.9 Å². The number of aromatic nitrogens is 5. The number of hydrogen-bond acceptors (Lipinski definition) is 6. The first-order valence-electron chi connectivity index (χ1n) is 9.28. The highest BCUT2D eigenvalue weighted by Crippen LogP contribution is 2.35. The van der Waals surface area contributed by atoms with Gasteiger partial charge in [0.15, 0.2) is 11.5 Å². The Morgan fingerprint density at radius 2 is 2.07 bits per heavy atom. The van der Waals surface area contributed by atoms with Crippen LogP contribution in [0.5, 0.6) is 0 Å². The number of fused-ring (bicyclic) bond motifs is 2. The van der Waals surface area contributed by atoms with Crippen LogP contribution in [0.1, 0.15) is 12.0 Å². The number of hydrogen-bond donors (Lipinski definition) is 2. The summed E-state index contributed by atoms with van der Waals surface area (Å²) in [6.45, 7) is 1.99. The van der Waals surface area contributed by atoms with Crippen LogP contribution in [0.25, 0.3) is 27.8 Å². The Kier molecular flexibility index (Phi) is 3.90. The van der Waals surface area contributed by atoms with Gasteiger partial charge in [-0.3, -0.25) is 4.79 Å². The molecule has 0 aliphatic heterocycles. The van der Waals surface area contributed by atoms with Crippen molar-refractivity contribution in [3.8, 4) is 11.4 Å². The molecule has 0 unspecified atom stereocenters. The van der Waals surface area contributed by atoms with Crippen molar-refractivity contribution in [2.75, 3.05) is 17.7 Å². The van der Waals surface area contributed by atoms with E-state index in [1.165, 1.54) is 0 Å². The molecule has 1 aliphatic carbocycles. The Hall–Kier alpha value is -3.62. The fraction of sp³-hybridized carbons (Fsp3) is 0.250. The number of rotatable bonds is 4. The van der Waals surface area contributed by atoms with E-state index in [0.29, 0.717) is 23.0 Å². The second-order valence-corrected chi connectivity index (χ2v) is 7.18. The molecule has 9 heteroatoms. The van der Waals surface area contributed by atoms with Gasteiger partial charge in [0.05, 0.1) is 5.92 Å². The normalized spacial score (nSPS) is 18.2. The lowest BCUT2D eigenvalue weighted by atomic mass is 10.1. The quantitative estimate of drug-likeness (QED) is 0.555. The third-order valence-corrected chi connectivity index (χ3v) is 5.03. The number of aryl methyl sites for hydroxylation is 1. The molecule has 0 spiro atoms. The molecule has 8 nitrogen and oxygen atoms in total. The Morgan fingerprint density at radius 1 is 1.24 bits per heavy atom. The van der Waals surface area contributed by atoms with Crippen LogP contribution < -0.4 is 10.6 Å². The molecule has 4 heterocycles. The van der Waals surface area contributed by atoms with Crippen LogP contribution in [-0.4, -0.2) is 43.7 Å². The minimum absolute atomic E-state index is 0.267. The van der Waals surface area contributed by atoms with Crippen molar-refractivity contribution in [3.05, 3.63) is 42.4 Å². The van der Waals surface area contributed by atoms with E-state index in [2.05, 4.69) is 30.7 Å².